The number of pyridine rings is 1. The SMILES string of the molecule is CCOC(=O)c1cnc2c(CC)cc(C#N)cc2c1NCc1ccc(OC(F)(F)F)cc1. The first-order chi connectivity index (χ1) is 15.3. The van der Waals surface area contributed by atoms with Gasteiger partial charge in [0.05, 0.1) is 29.4 Å². The van der Waals surface area contributed by atoms with Crippen molar-refractivity contribution in [3.63, 3.8) is 0 Å². The summed E-state index contributed by atoms with van der Waals surface area (Å²) in [6.45, 7) is 4.01. The molecule has 0 saturated heterocycles. The van der Waals surface area contributed by atoms with Gasteiger partial charge in [0.15, 0.2) is 0 Å². The Hall–Kier alpha value is -3.80. The molecule has 0 unspecified atom stereocenters. The second-order valence-corrected chi connectivity index (χ2v) is 6.81. The number of benzene rings is 2. The molecule has 0 fully saturated rings. The van der Waals surface area contributed by atoms with Crippen LogP contribution in [0.3, 0.4) is 0 Å². The van der Waals surface area contributed by atoms with Crippen molar-refractivity contribution in [3.8, 4) is 11.8 Å². The molecular formula is C23H20F3N3O3. The van der Waals surface area contributed by atoms with Gasteiger partial charge in [0.1, 0.15) is 11.3 Å². The average molecular weight is 443 g/mol. The zero-order valence-corrected chi connectivity index (χ0v) is 17.4. The Kier molecular flexibility index (Phi) is 6.83. The third-order valence-corrected chi connectivity index (χ3v) is 4.68. The Bertz CT molecular complexity index is 1170. The fraction of sp³-hybridized carbons (Fsp3) is 0.261. The Morgan fingerprint density at radius 2 is 1.91 bits per heavy atom. The van der Waals surface area contributed by atoms with Gasteiger partial charge in [-0.15, -0.1) is 13.2 Å². The minimum absolute atomic E-state index is 0.176. The monoisotopic (exact) mass is 443 g/mol. The molecule has 0 saturated carbocycles. The van der Waals surface area contributed by atoms with E-state index in [1.807, 2.05) is 6.92 Å². The largest absolute Gasteiger partial charge is 0.573 e. The highest BCUT2D eigenvalue weighted by atomic mass is 19.4. The van der Waals surface area contributed by atoms with E-state index in [1.54, 1.807) is 19.1 Å². The number of nitrogens with zero attached hydrogens (tertiary/aromatic N) is 2. The maximum absolute atomic E-state index is 12.5. The highest BCUT2D eigenvalue weighted by Gasteiger charge is 2.31. The summed E-state index contributed by atoms with van der Waals surface area (Å²) in [4.78, 5) is 16.9. The number of ether oxygens (including phenoxy) is 2. The molecule has 0 bridgehead atoms. The van der Waals surface area contributed by atoms with E-state index in [0.29, 0.717) is 34.1 Å². The molecule has 2 aromatic carbocycles. The maximum Gasteiger partial charge on any atom is 0.573 e. The van der Waals surface area contributed by atoms with Crippen LogP contribution >= 0.6 is 0 Å². The van der Waals surface area contributed by atoms with Crippen LogP contribution in [0.1, 0.15) is 40.9 Å². The molecule has 1 N–H and O–H groups in total. The first-order valence-corrected chi connectivity index (χ1v) is 9.87. The van der Waals surface area contributed by atoms with E-state index in [2.05, 4.69) is 21.1 Å². The van der Waals surface area contributed by atoms with Crippen molar-refractivity contribution >= 4 is 22.6 Å². The molecule has 9 heteroatoms. The number of halogens is 3. The highest BCUT2D eigenvalue weighted by Crippen LogP contribution is 2.31. The fourth-order valence-corrected chi connectivity index (χ4v) is 3.26. The average Bonchev–Trinajstić information content (AvgIpc) is 2.76. The Morgan fingerprint density at radius 1 is 1.19 bits per heavy atom. The number of alkyl halides is 3. The van der Waals surface area contributed by atoms with Gasteiger partial charge in [-0.3, -0.25) is 4.98 Å². The second kappa shape index (κ2) is 9.56. The van der Waals surface area contributed by atoms with Crippen molar-refractivity contribution in [2.75, 3.05) is 11.9 Å². The van der Waals surface area contributed by atoms with Crippen LogP contribution in [0.2, 0.25) is 0 Å². The van der Waals surface area contributed by atoms with Crippen molar-refractivity contribution in [1.29, 1.82) is 5.26 Å². The molecule has 0 atom stereocenters. The number of hydrogen-bond acceptors (Lipinski definition) is 6. The van der Waals surface area contributed by atoms with Crippen LogP contribution in [0.5, 0.6) is 5.75 Å². The van der Waals surface area contributed by atoms with Gasteiger partial charge in [-0.2, -0.15) is 5.26 Å². The smallest absolute Gasteiger partial charge is 0.462 e. The number of aromatic nitrogens is 1. The van der Waals surface area contributed by atoms with Gasteiger partial charge in [0.2, 0.25) is 0 Å². The molecule has 0 radical (unpaired) electrons. The molecular weight excluding hydrogens is 423 g/mol. The number of aryl methyl sites for hydroxylation is 1. The number of carbonyl (C=O) groups is 1. The quantitative estimate of drug-likeness (QED) is 0.495. The molecule has 0 amide bonds. The number of anilines is 1. The predicted octanol–water partition coefficient (Wildman–Crippen LogP) is 5.36. The Labute approximate surface area is 182 Å². The zero-order chi connectivity index (χ0) is 23.3. The van der Waals surface area contributed by atoms with Crippen LogP contribution in [0.4, 0.5) is 18.9 Å². The lowest BCUT2D eigenvalue weighted by atomic mass is 10.0. The van der Waals surface area contributed by atoms with E-state index < -0.39 is 12.3 Å². The van der Waals surface area contributed by atoms with Crippen LogP contribution in [-0.2, 0) is 17.7 Å². The number of carbonyl (C=O) groups excluding carboxylic acids is 1. The molecule has 1 aromatic heterocycles. The standard InChI is InChI=1S/C23H20F3N3O3/c1-3-16-9-15(11-27)10-18-20(16)29-13-19(22(30)31-4-2)21(18)28-12-14-5-7-17(8-6-14)32-23(24,25)26/h5-10,13H,3-4,12H2,1-2H3,(H,28,29). The predicted molar refractivity (Wildman–Crippen MR) is 112 cm³/mol. The number of fused-ring (bicyclic) bond motifs is 1. The van der Waals surface area contributed by atoms with Crippen LogP contribution < -0.4 is 10.1 Å². The van der Waals surface area contributed by atoms with Crippen molar-refractivity contribution in [2.45, 2.75) is 33.2 Å². The zero-order valence-electron chi connectivity index (χ0n) is 17.4. The molecule has 0 aliphatic heterocycles. The first kappa shape index (κ1) is 22.9. The topological polar surface area (TPSA) is 84.2 Å². The molecule has 0 aliphatic carbocycles. The lowest BCUT2D eigenvalue weighted by molar-refractivity contribution is -0.274. The number of esters is 1. The summed E-state index contributed by atoms with van der Waals surface area (Å²) >= 11 is 0. The van der Waals surface area contributed by atoms with Crippen LogP contribution in [-0.4, -0.2) is 23.9 Å². The molecule has 3 rings (SSSR count). The first-order valence-electron chi connectivity index (χ1n) is 9.87. The summed E-state index contributed by atoms with van der Waals surface area (Å²) in [7, 11) is 0. The molecule has 166 valence electrons. The van der Waals surface area contributed by atoms with Crippen molar-refractivity contribution in [1.82, 2.24) is 4.98 Å². The second-order valence-electron chi connectivity index (χ2n) is 6.81. The molecule has 3 aromatic rings. The van der Waals surface area contributed by atoms with E-state index in [-0.39, 0.29) is 24.5 Å². The Balaban J connectivity index is 2.00. The highest BCUT2D eigenvalue weighted by molar-refractivity contribution is 6.06. The number of hydrogen-bond donors (Lipinski definition) is 1. The number of rotatable bonds is 7. The lowest BCUT2D eigenvalue weighted by Crippen LogP contribution is -2.17. The van der Waals surface area contributed by atoms with Gasteiger partial charge >= 0.3 is 12.3 Å². The summed E-state index contributed by atoms with van der Waals surface area (Å²) in [5, 5.41) is 13.2. The number of nitrogens with one attached hydrogen (secondary N) is 1. The van der Waals surface area contributed by atoms with Crippen molar-refractivity contribution in [3.05, 3.63) is 64.8 Å². The fourth-order valence-electron chi connectivity index (χ4n) is 3.26. The summed E-state index contributed by atoms with van der Waals surface area (Å²) in [6.07, 6.45) is -2.70. The van der Waals surface area contributed by atoms with Gasteiger partial charge in [-0.1, -0.05) is 19.1 Å². The summed E-state index contributed by atoms with van der Waals surface area (Å²) in [5.41, 5.74) is 3.23. The molecule has 32 heavy (non-hydrogen) atoms. The van der Waals surface area contributed by atoms with E-state index in [0.717, 1.165) is 5.56 Å². The molecule has 1 heterocycles. The minimum atomic E-state index is -4.76. The lowest BCUT2D eigenvalue weighted by Gasteiger charge is -2.16. The number of nitriles is 1. The maximum atomic E-state index is 12.5. The van der Waals surface area contributed by atoms with Gasteiger partial charge in [0.25, 0.3) is 0 Å². The van der Waals surface area contributed by atoms with E-state index in [1.165, 1.54) is 30.5 Å². The third-order valence-electron chi connectivity index (χ3n) is 4.68. The molecule has 0 spiro atoms. The normalized spacial score (nSPS) is 11.1. The van der Waals surface area contributed by atoms with Gasteiger partial charge in [-0.05, 0) is 48.7 Å². The third kappa shape index (κ3) is 5.27. The summed E-state index contributed by atoms with van der Waals surface area (Å²) in [6, 6.07) is 10.9. The van der Waals surface area contributed by atoms with Gasteiger partial charge in [-0.25, -0.2) is 4.79 Å². The Morgan fingerprint density at radius 3 is 2.50 bits per heavy atom. The molecule has 0 aliphatic rings. The van der Waals surface area contributed by atoms with Gasteiger partial charge in [0, 0.05) is 18.1 Å². The summed E-state index contributed by atoms with van der Waals surface area (Å²) in [5.74, 6) is -0.896. The minimum Gasteiger partial charge on any atom is -0.462 e. The van der Waals surface area contributed by atoms with E-state index in [9.17, 15) is 23.2 Å². The van der Waals surface area contributed by atoms with Crippen molar-refractivity contribution in [2.24, 2.45) is 0 Å². The molecule has 6 nitrogen and oxygen atoms in total. The van der Waals surface area contributed by atoms with Crippen LogP contribution in [0.25, 0.3) is 10.9 Å². The van der Waals surface area contributed by atoms with Crippen molar-refractivity contribution < 1.29 is 27.4 Å². The van der Waals surface area contributed by atoms with E-state index in [4.69, 9.17) is 4.74 Å². The van der Waals surface area contributed by atoms with Gasteiger partial charge < -0.3 is 14.8 Å². The van der Waals surface area contributed by atoms with Crippen LogP contribution in [0.15, 0.2) is 42.6 Å². The summed E-state index contributed by atoms with van der Waals surface area (Å²) < 4.78 is 46.1. The van der Waals surface area contributed by atoms with E-state index >= 15 is 0 Å². The van der Waals surface area contributed by atoms with Crippen LogP contribution in [0, 0.1) is 11.3 Å².